The molecule has 20 heavy (non-hydrogen) atoms. The molecule has 114 valence electrons. The minimum absolute atomic E-state index is 0.348. The van der Waals surface area contributed by atoms with Gasteiger partial charge in [-0.1, -0.05) is 25.0 Å². The van der Waals surface area contributed by atoms with Gasteiger partial charge in [-0.2, -0.15) is 0 Å². The van der Waals surface area contributed by atoms with Crippen LogP contribution >= 0.6 is 0 Å². The van der Waals surface area contributed by atoms with Gasteiger partial charge < -0.3 is 9.16 Å². The molecule has 3 aliphatic rings. The highest BCUT2D eigenvalue weighted by Gasteiger charge is 2.53. The van der Waals surface area contributed by atoms with Crippen molar-refractivity contribution in [3.05, 3.63) is 11.1 Å². The molecule has 3 rings (SSSR count). The summed E-state index contributed by atoms with van der Waals surface area (Å²) < 4.78 is 12.1. The number of rotatable bonds is 6. The Balaban J connectivity index is 1.71. The highest BCUT2D eigenvalue weighted by molar-refractivity contribution is 6.57. The fourth-order valence-electron chi connectivity index (χ4n) is 4.74. The molecule has 2 bridgehead atoms. The fraction of sp³-hybridized carbons (Fsp3) is 0.882. The molecule has 0 aromatic rings. The minimum atomic E-state index is -1.16. The van der Waals surface area contributed by atoms with Crippen LogP contribution in [0.15, 0.2) is 11.1 Å². The predicted molar refractivity (Wildman–Crippen MR) is 85.5 cm³/mol. The molecule has 0 aromatic heterocycles. The fourth-order valence-corrected chi connectivity index (χ4v) is 8.38. The first-order valence-electron chi connectivity index (χ1n) is 8.44. The Kier molecular flexibility index (Phi) is 3.89. The molecule has 1 saturated carbocycles. The highest BCUT2D eigenvalue weighted by atomic mass is 28.3. The van der Waals surface area contributed by atoms with Crippen molar-refractivity contribution in [1.29, 1.82) is 0 Å². The van der Waals surface area contributed by atoms with Crippen molar-refractivity contribution in [2.24, 2.45) is 11.3 Å². The summed E-state index contributed by atoms with van der Waals surface area (Å²) in [6, 6.07) is 1.28. The lowest BCUT2D eigenvalue weighted by molar-refractivity contribution is -0.134. The lowest BCUT2D eigenvalue weighted by atomic mass is 9.84. The number of allylic oxidation sites excluding steroid dienone is 2. The van der Waals surface area contributed by atoms with Crippen LogP contribution in [0.25, 0.3) is 0 Å². The van der Waals surface area contributed by atoms with Gasteiger partial charge in [0.05, 0.1) is 13.2 Å². The van der Waals surface area contributed by atoms with Crippen LogP contribution < -0.4 is 0 Å². The second kappa shape index (κ2) is 5.26. The monoisotopic (exact) mass is 294 g/mol. The molecule has 0 amide bonds. The van der Waals surface area contributed by atoms with Gasteiger partial charge >= 0.3 is 0 Å². The summed E-state index contributed by atoms with van der Waals surface area (Å²) >= 11 is 0. The third-order valence-corrected chi connectivity index (χ3v) is 10.1. The number of hydrogen-bond acceptors (Lipinski definition) is 2. The Labute approximate surface area is 125 Å². The van der Waals surface area contributed by atoms with E-state index in [-0.39, 0.29) is 0 Å². The number of hydrogen-bond donors (Lipinski definition) is 0. The van der Waals surface area contributed by atoms with Crippen LogP contribution in [-0.4, -0.2) is 28.9 Å². The van der Waals surface area contributed by atoms with E-state index in [1.807, 2.05) is 0 Å². The molecule has 0 spiro atoms. The smallest absolute Gasteiger partial charge is 0.186 e. The van der Waals surface area contributed by atoms with Gasteiger partial charge in [0.2, 0.25) is 0 Å². The Morgan fingerprint density at radius 3 is 2.50 bits per heavy atom. The molecule has 1 heterocycles. The first-order chi connectivity index (χ1) is 9.57. The Bertz CT molecular complexity index is 408. The lowest BCUT2D eigenvalue weighted by Gasteiger charge is -2.43. The zero-order valence-corrected chi connectivity index (χ0v) is 14.8. The predicted octanol–water partition coefficient (Wildman–Crippen LogP) is 4.06. The van der Waals surface area contributed by atoms with Crippen molar-refractivity contribution in [2.75, 3.05) is 19.8 Å². The molecular formula is C17H30O2Si. The third-order valence-electron chi connectivity index (χ3n) is 6.64. The van der Waals surface area contributed by atoms with Crippen LogP contribution in [0.4, 0.5) is 0 Å². The maximum Gasteiger partial charge on any atom is 0.186 e. The number of fused-ring (bicyclic) bond motifs is 2. The van der Waals surface area contributed by atoms with Gasteiger partial charge in [-0.25, -0.2) is 0 Å². The van der Waals surface area contributed by atoms with Crippen LogP contribution in [-0.2, 0) is 9.16 Å². The summed E-state index contributed by atoms with van der Waals surface area (Å²) in [6.07, 6.45) is 5.42. The standard InChI is InChI=1S/C17H30O2Si/c1-5-16(10-18-11-16)12-19-20(6-2)17-8-7-15(9-17)13(3)14(17)4/h15,20H,5-12H2,1-4H3. The third kappa shape index (κ3) is 2.05. The van der Waals surface area contributed by atoms with Crippen LogP contribution in [0, 0.1) is 11.3 Å². The van der Waals surface area contributed by atoms with E-state index in [1.165, 1.54) is 31.7 Å². The second-order valence-corrected chi connectivity index (χ2v) is 10.7. The Morgan fingerprint density at radius 2 is 2.05 bits per heavy atom. The van der Waals surface area contributed by atoms with Crippen molar-refractivity contribution in [3.63, 3.8) is 0 Å². The minimum Gasteiger partial charge on any atom is -0.418 e. The lowest BCUT2D eigenvalue weighted by Crippen LogP contribution is -2.48. The molecule has 0 radical (unpaired) electrons. The average Bonchev–Trinajstić information content (AvgIpc) is 2.94. The van der Waals surface area contributed by atoms with Crippen LogP contribution in [0.3, 0.4) is 0 Å². The van der Waals surface area contributed by atoms with Crippen molar-refractivity contribution in [1.82, 2.24) is 0 Å². The van der Waals surface area contributed by atoms with Crippen molar-refractivity contribution in [2.45, 2.75) is 64.5 Å². The van der Waals surface area contributed by atoms with E-state index < -0.39 is 9.04 Å². The van der Waals surface area contributed by atoms with Crippen molar-refractivity contribution in [3.8, 4) is 0 Å². The number of ether oxygens (including phenoxy) is 1. The normalized spacial score (nSPS) is 36.3. The molecule has 3 atom stereocenters. The highest BCUT2D eigenvalue weighted by Crippen LogP contribution is 2.64. The van der Waals surface area contributed by atoms with E-state index >= 15 is 0 Å². The van der Waals surface area contributed by atoms with Gasteiger partial charge in [0.1, 0.15) is 0 Å². The summed E-state index contributed by atoms with van der Waals surface area (Å²) in [5.41, 5.74) is 3.76. The zero-order valence-electron chi connectivity index (χ0n) is 13.6. The van der Waals surface area contributed by atoms with E-state index in [1.54, 1.807) is 11.1 Å². The average molecular weight is 295 g/mol. The van der Waals surface area contributed by atoms with Crippen molar-refractivity contribution < 1.29 is 9.16 Å². The van der Waals surface area contributed by atoms with E-state index in [2.05, 4.69) is 27.7 Å². The van der Waals surface area contributed by atoms with Crippen LogP contribution in [0.1, 0.15) is 53.4 Å². The van der Waals surface area contributed by atoms with Crippen LogP contribution in [0.5, 0.6) is 0 Å². The summed E-state index contributed by atoms with van der Waals surface area (Å²) in [4.78, 5) is 0. The summed E-state index contributed by atoms with van der Waals surface area (Å²) in [5, 5.41) is 0.503. The molecule has 1 aliphatic heterocycles. The zero-order chi connectivity index (χ0) is 14.4. The molecule has 2 aliphatic carbocycles. The van der Waals surface area contributed by atoms with E-state index in [0.29, 0.717) is 10.5 Å². The molecule has 0 aromatic carbocycles. The SMILES string of the molecule is CC[SiH](OCC1(CC)COC1)C12CCC(C1)C(C)=C2C. The Hall–Kier alpha value is -0.123. The summed E-state index contributed by atoms with van der Waals surface area (Å²) in [7, 11) is -1.16. The second-order valence-electron chi connectivity index (χ2n) is 7.46. The van der Waals surface area contributed by atoms with Crippen molar-refractivity contribution >= 4 is 9.04 Å². The topological polar surface area (TPSA) is 18.5 Å². The largest absolute Gasteiger partial charge is 0.418 e. The first-order valence-corrected chi connectivity index (χ1v) is 10.3. The molecule has 3 unspecified atom stereocenters. The van der Waals surface area contributed by atoms with Gasteiger partial charge in [-0.3, -0.25) is 0 Å². The maximum atomic E-state index is 6.64. The summed E-state index contributed by atoms with van der Waals surface area (Å²) in [5.74, 6) is 0.882. The van der Waals surface area contributed by atoms with Crippen LogP contribution in [0.2, 0.25) is 11.1 Å². The van der Waals surface area contributed by atoms with Gasteiger partial charge in [0.15, 0.2) is 9.04 Å². The molecule has 2 nitrogen and oxygen atoms in total. The molecule has 0 N–H and O–H groups in total. The van der Waals surface area contributed by atoms with Gasteiger partial charge in [-0.15, -0.1) is 0 Å². The van der Waals surface area contributed by atoms with E-state index in [4.69, 9.17) is 9.16 Å². The molecular weight excluding hydrogens is 264 g/mol. The van der Waals surface area contributed by atoms with Gasteiger partial charge in [0.25, 0.3) is 0 Å². The van der Waals surface area contributed by atoms with E-state index in [0.717, 1.165) is 25.7 Å². The molecule has 3 heteroatoms. The maximum absolute atomic E-state index is 6.64. The molecule has 2 fully saturated rings. The quantitative estimate of drug-likeness (QED) is 0.543. The van der Waals surface area contributed by atoms with Gasteiger partial charge in [-0.05, 0) is 51.5 Å². The first kappa shape index (κ1) is 14.8. The Morgan fingerprint density at radius 1 is 1.30 bits per heavy atom. The molecule has 1 saturated heterocycles. The summed E-state index contributed by atoms with van der Waals surface area (Å²) in [6.45, 7) is 12.2. The van der Waals surface area contributed by atoms with E-state index in [9.17, 15) is 0 Å². The van der Waals surface area contributed by atoms with Gasteiger partial charge in [0, 0.05) is 17.1 Å².